The van der Waals surface area contributed by atoms with Crippen LogP contribution in [0.15, 0.2) is 21.2 Å². The van der Waals surface area contributed by atoms with Gasteiger partial charge in [-0.1, -0.05) is 0 Å². The second-order valence-electron chi connectivity index (χ2n) is 5.79. The number of carbonyl (C=O) groups is 2. The molecule has 0 aromatic carbocycles. The number of hydrogen-bond donors (Lipinski definition) is 1. The zero-order chi connectivity index (χ0) is 16.4. The molecule has 0 saturated carbocycles. The quantitative estimate of drug-likeness (QED) is 0.928. The standard InChI is InChI=1S/C16H19N3O3S/c1-10-13(18-16(22-10)11-5-6-23-9-11)7-14(20)17-12-3-4-15(21)19(2)8-12/h5-6,9,12H,3-4,7-8H2,1-2H3,(H,17,20)/t12-/m1/s1. The molecular weight excluding hydrogens is 314 g/mol. The van der Waals surface area contributed by atoms with Crippen molar-refractivity contribution in [1.82, 2.24) is 15.2 Å². The van der Waals surface area contributed by atoms with Gasteiger partial charge >= 0.3 is 0 Å². The number of oxazole rings is 1. The molecule has 1 aliphatic heterocycles. The molecule has 2 aromatic rings. The van der Waals surface area contributed by atoms with Crippen molar-refractivity contribution >= 4 is 23.2 Å². The number of aryl methyl sites for hydroxylation is 1. The van der Waals surface area contributed by atoms with E-state index >= 15 is 0 Å². The van der Waals surface area contributed by atoms with Gasteiger partial charge in [0.25, 0.3) is 0 Å². The first-order chi connectivity index (χ1) is 11.0. The molecule has 122 valence electrons. The smallest absolute Gasteiger partial charge is 0.227 e. The van der Waals surface area contributed by atoms with Crippen LogP contribution in [0.3, 0.4) is 0 Å². The molecule has 0 bridgehead atoms. The Kier molecular flexibility index (Phi) is 4.47. The van der Waals surface area contributed by atoms with Gasteiger partial charge in [-0.2, -0.15) is 11.3 Å². The summed E-state index contributed by atoms with van der Waals surface area (Å²) in [6.45, 7) is 2.38. The van der Waals surface area contributed by atoms with Gasteiger partial charge in [0, 0.05) is 37.0 Å². The summed E-state index contributed by atoms with van der Waals surface area (Å²) in [7, 11) is 1.76. The van der Waals surface area contributed by atoms with Crippen LogP contribution in [0.2, 0.25) is 0 Å². The molecule has 1 atom stereocenters. The average molecular weight is 333 g/mol. The van der Waals surface area contributed by atoms with Crippen LogP contribution in [0.4, 0.5) is 0 Å². The number of likely N-dealkylation sites (tertiary alicyclic amines) is 1. The number of aromatic nitrogens is 1. The molecule has 2 aromatic heterocycles. The molecule has 3 heterocycles. The summed E-state index contributed by atoms with van der Waals surface area (Å²) in [6, 6.07) is 1.95. The maximum atomic E-state index is 12.2. The van der Waals surface area contributed by atoms with Crippen LogP contribution < -0.4 is 5.32 Å². The summed E-state index contributed by atoms with van der Waals surface area (Å²) >= 11 is 1.58. The fourth-order valence-corrected chi connectivity index (χ4v) is 3.29. The Morgan fingerprint density at radius 1 is 1.57 bits per heavy atom. The Morgan fingerprint density at radius 2 is 2.39 bits per heavy atom. The Balaban J connectivity index is 1.61. The molecule has 2 amide bonds. The third-order valence-electron chi connectivity index (χ3n) is 3.98. The number of likely N-dealkylation sites (N-methyl/N-ethyl adjacent to an activating group) is 1. The largest absolute Gasteiger partial charge is 0.441 e. The van der Waals surface area contributed by atoms with Gasteiger partial charge in [0.05, 0.1) is 12.1 Å². The van der Waals surface area contributed by atoms with E-state index in [1.807, 2.05) is 23.8 Å². The van der Waals surface area contributed by atoms with Crippen molar-refractivity contribution in [1.29, 1.82) is 0 Å². The fourth-order valence-electron chi connectivity index (χ4n) is 2.66. The fraction of sp³-hybridized carbons (Fsp3) is 0.438. The number of carbonyl (C=O) groups excluding carboxylic acids is 2. The molecule has 0 radical (unpaired) electrons. The molecule has 0 aliphatic carbocycles. The molecule has 23 heavy (non-hydrogen) atoms. The molecule has 1 fully saturated rings. The van der Waals surface area contributed by atoms with E-state index in [1.165, 1.54) is 0 Å². The molecule has 1 aliphatic rings. The van der Waals surface area contributed by atoms with Crippen molar-refractivity contribution in [2.24, 2.45) is 0 Å². The van der Waals surface area contributed by atoms with Gasteiger partial charge in [0.2, 0.25) is 17.7 Å². The van der Waals surface area contributed by atoms with E-state index in [-0.39, 0.29) is 24.3 Å². The van der Waals surface area contributed by atoms with Crippen molar-refractivity contribution in [2.75, 3.05) is 13.6 Å². The maximum Gasteiger partial charge on any atom is 0.227 e. The van der Waals surface area contributed by atoms with E-state index in [1.54, 1.807) is 23.3 Å². The first kappa shape index (κ1) is 15.7. The summed E-state index contributed by atoms with van der Waals surface area (Å²) in [5.41, 5.74) is 1.58. The highest BCUT2D eigenvalue weighted by atomic mass is 32.1. The highest BCUT2D eigenvalue weighted by Gasteiger charge is 2.24. The highest BCUT2D eigenvalue weighted by Crippen LogP contribution is 2.24. The molecule has 0 unspecified atom stereocenters. The van der Waals surface area contributed by atoms with E-state index in [2.05, 4.69) is 10.3 Å². The van der Waals surface area contributed by atoms with Gasteiger partial charge in [0.1, 0.15) is 5.76 Å². The normalized spacial score (nSPS) is 18.3. The molecule has 6 nitrogen and oxygen atoms in total. The van der Waals surface area contributed by atoms with Crippen LogP contribution in [0.1, 0.15) is 24.3 Å². The van der Waals surface area contributed by atoms with Gasteiger partial charge < -0.3 is 14.6 Å². The maximum absolute atomic E-state index is 12.2. The van der Waals surface area contributed by atoms with Crippen molar-refractivity contribution < 1.29 is 14.0 Å². The van der Waals surface area contributed by atoms with E-state index in [9.17, 15) is 9.59 Å². The zero-order valence-corrected chi connectivity index (χ0v) is 14.0. The molecular formula is C16H19N3O3S. The number of nitrogens with zero attached hydrogens (tertiary/aromatic N) is 2. The van der Waals surface area contributed by atoms with Crippen LogP contribution in [-0.2, 0) is 16.0 Å². The molecule has 1 saturated heterocycles. The number of rotatable bonds is 4. The lowest BCUT2D eigenvalue weighted by atomic mass is 10.1. The van der Waals surface area contributed by atoms with Crippen molar-refractivity contribution in [2.45, 2.75) is 32.2 Å². The van der Waals surface area contributed by atoms with Crippen LogP contribution in [0, 0.1) is 6.92 Å². The minimum Gasteiger partial charge on any atom is -0.441 e. The number of nitrogens with one attached hydrogen (secondary N) is 1. The summed E-state index contributed by atoms with van der Waals surface area (Å²) < 4.78 is 5.64. The number of amides is 2. The summed E-state index contributed by atoms with van der Waals surface area (Å²) in [6.07, 6.45) is 1.35. The molecule has 0 spiro atoms. The first-order valence-electron chi connectivity index (χ1n) is 7.55. The average Bonchev–Trinajstić information content (AvgIpc) is 3.13. The van der Waals surface area contributed by atoms with Crippen LogP contribution in [-0.4, -0.2) is 41.3 Å². The second-order valence-corrected chi connectivity index (χ2v) is 6.57. The minimum absolute atomic E-state index is 0.00810. The predicted molar refractivity (Wildman–Crippen MR) is 87.1 cm³/mol. The van der Waals surface area contributed by atoms with E-state index in [4.69, 9.17) is 4.42 Å². The predicted octanol–water partition coefficient (Wildman–Crippen LogP) is 1.99. The van der Waals surface area contributed by atoms with E-state index < -0.39 is 0 Å². The third-order valence-corrected chi connectivity index (χ3v) is 4.66. The lowest BCUT2D eigenvalue weighted by Gasteiger charge is -2.30. The number of piperidine rings is 1. The lowest BCUT2D eigenvalue weighted by molar-refractivity contribution is -0.133. The Hall–Kier alpha value is -2.15. The Labute approximate surface area is 138 Å². The highest BCUT2D eigenvalue weighted by molar-refractivity contribution is 7.08. The first-order valence-corrected chi connectivity index (χ1v) is 8.49. The van der Waals surface area contributed by atoms with Crippen LogP contribution in [0.25, 0.3) is 11.5 Å². The van der Waals surface area contributed by atoms with Gasteiger partial charge in [-0.3, -0.25) is 9.59 Å². The van der Waals surface area contributed by atoms with Crippen molar-refractivity contribution in [3.63, 3.8) is 0 Å². The molecule has 3 rings (SSSR count). The van der Waals surface area contributed by atoms with Gasteiger partial charge in [-0.05, 0) is 24.8 Å². The number of thiophene rings is 1. The SMILES string of the molecule is Cc1oc(-c2ccsc2)nc1CC(=O)N[C@@H]1CCC(=O)N(C)C1. The van der Waals surface area contributed by atoms with Crippen molar-refractivity contribution in [3.05, 3.63) is 28.3 Å². The summed E-state index contributed by atoms with van der Waals surface area (Å²) in [4.78, 5) is 29.8. The van der Waals surface area contributed by atoms with Gasteiger partial charge in [-0.25, -0.2) is 4.98 Å². The van der Waals surface area contributed by atoms with E-state index in [0.717, 1.165) is 5.56 Å². The zero-order valence-electron chi connectivity index (χ0n) is 13.2. The van der Waals surface area contributed by atoms with Crippen LogP contribution >= 0.6 is 11.3 Å². The van der Waals surface area contributed by atoms with Crippen molar-refractivity contribution in [3.8, 4) is 11.5 Å². The van der Waals surface area contributed by atoms with Crippen LogP contribution in [0.5, 0.6) is 0 Å². The summed E-state index contributed by atoms with van der Waals surface area (Å²) in [5, 5.41) is 6.90. The monoisotopic (exact) mass is 333 g/mol. The Bertz CT molecular complexity index is 708. The minimum atomic E-state index is -0.0917. The number of hydrogen-bond acceptors (Lipinski definition) is 5. The van der Waals surface area contributed by atoms with Gasteiger partial charge in [0.15, 0.2) is 0 Å². The molecule has 1 N–H and O–H groups in total. The topological polar surface area (TPSA) is 75.4 Å². The molecule has 7 heteroatoms. The summed E-state index contributed by atoms with van der Waals surface area (Å²) in [5.74, 6) is 1.25. The van der Waals surface area contributed by atoms with E-state index in [0.29, 0.717) is 36.7 Å². The second kappa shape index (κ2) is 6.54. The Morgan fingerprint density at radius 3 is 3.09 bits per heavy atom. The van der Waals surface area contributed by atoms with Gasteiger partial charge in [-0.15, -0.1) is 0 Å². The lowest BCUT2D eigenvalue weighted by Crippen LogP contribution is -2.48. The third kappa shape index (κ3) is 3.61.